The molecule has 0 heterocycles. The van der Waals surface area contributed by atoms with Crippen molar-refractivity contribution in [2.45, 2.75) is 6.42 Å². The summed E-state index contributed by atoms with van der Waals surface area (Å²) in [4.78, 5) is 0. The first-order valence-corrected chi connectivity index (χ1v) is 2.23. The lowest BCUT2D eigenvalue weighted by atomic mass is 10.5. The first-order valence-electron chi connectivity index (χ1n) is 1.70. The summed E-state index contributed by atoms with van der Waals surface area (Å²) in [6, 6.07) is 0. The molecule has 0 atom stereocenters. The van der Waals surface area contributed by atoms with Crippen molar-refractivity contribution in [1.29, 1.82) is 0 Å². The Kier molecular flexibility index (Phi) is 2.85. The van der Waals surface area contributed by atoms with Gasteiger partial charge in [0.15, 0.2) is 0 Å². The van der Waals surface area contributed by atoms with E-state index in [1.165, 1.54) is 0 Å². The Balaban J connectivity index is 2.83. The van der Waals surface area contributed by atoms with Gasteiger partial charge in [0.2, 0.25) is 5.84 Å². The second-order valence-corrected chi connectivity index (χ2v) is 1.39. The van der Waals surface area contributed by atoms with Crippen LogP contribution in [-0.2, 0) is 0 Å². The maximum Gasteiger partial charge on any atom is 0.239 e. The summed E-state index contributed by atoms with van der Waals surface area (Å²) < 4.78 is 0. The van der Waals surface area contributed by atoms with Crippen LogP contribution in [0.25, 0.3) is 0 Å². The van der Waals surface area contributed by atoms with Gasteiger partial charge in [-0.3, -0.25) is 11.1 Å². The average molecular weight is 108 g/mol. The van der Waals surface area contributed by atoms with Crippen LogP contribution < -0.4 is 11.1 Å². The molecule has 0 aliphatic carbocycles. The van der Waals surface area contributed by atoms with Crippen molar-refractivity contribution in [3.63, 3.8) is 0 Å². The lowest BCUT2D eigenvalue weighted by molar-refractivity contribution is -0.117. The molecular formula is C3H8ClN2+. The summed E-state index contributed by atoms with van der Waals surface area (Å²) in [6.07, 6.45) is 0.613. The smallest absolute Gasteiger partial charge is 0.239 e. The van der Waals surface area contributed by atoms with Gasteiger partial charge >= 0.3 is 0 Å². The number of nitrogens with two attached hydrogens (primary N) is 2. The van der Waals surface area contributed by atoms with E-state index in [4.69, 9.17) is 22.7 Å². The van der Waals surface area contributed by atoms with E-state index in [9.17, 15) is 0 Å². The minimum absolute atomic E-state index is 0.407. The van der Waals surface area contributed by atoms with Crippen LogP contribution in [0.2, 0.25) is 0 Å². The van der Waals surface area contributed by atoms with Gasteiger partial charge in [0.1, 0.15) is 0 Å². The monoisotopic (exact) mass is 107 g/mol. The molecule has 0 unspecified atom stereocenters. The van der Waals surface area contributed by atoms with Gasteiger partial charge in [-0.1, -0.05) is 0 Å². The Labute approximate surface area is 41.8 Å². The number of hydrogen-bond donors (Lipinski definition) is 2. The number of hydrogen-bond acceptors (Lipinski definition) is 0. The maximum atomic E-state index is 5.22. The van der Waals surface area contributed by atoms with Crippen LogP contribution in [0.15, 0.2) is 0 Å². The van der Waals surface area contributed by atoms with Crippen LogP contribution in [0.5, 0.6) is 0 Å². The second-order valence-electron chi connectivity index (χ2n) is 1.01. The van der Waals surface area contributed by atoms with Gasteiger partial charge in [0.25, 0.3) is 0 Å². The predicted octanol–water partition coefficient (Wildman–Crippen LogP) is -1.27. The molecule has 0 fully saturated rings. The molecule has 2 nitrogen and oxygen atoms in total. The predicted molar refractivity (Wildman–Crippen MR) is 26.5 cm³/mol. The number of amidine groups is 1. The third kappa shape index (κ3) is 3.76. The molecule has 0 rings (SSSR count). The minimum Gasteiger partial charge on any atom is -0.291 e. The van der Waals surface area contributed by atoms with E-state index >= 15 is 0 Å². The molecule has 4 N–H and O–H groups in total. The third-order valence-electron chi connectivity index (χ3n) is 0.383. The topological polar surface area (TPSA) is 51.6 Å². The van der Waals surface area contributed by atoms with Crippen LogP contribution in [-0.4, -0.2) is 11.7 Å². The van der Waals surface area contributed by atoms with Crippen LogP contribution in [0.3, 0.4) is 0 Å². The standard InChI is InChI=1S/C3H7ClN2/c4-2-1-3(5)6/h1-2H2,(H3,5,6)/p+1. The molecule has 0 aliphatic rings. The Hall–Kier alpha value is -0.240. The molecule has 0 aromatic carbocycles. The molecule has 3 heteroatoms. The highest BCUT2D eigenvalue weighted by Crippen LogP contribution is 1.76. The molecule has 0 amide bonds. The molecule has 0 saturated heterocycles. The fourth-order valence-electron chi connectivity index (χ4n) is 0.109. The zero-order valence-corrected chi connectivity index (χ0v) is 4.20. The molecule has 0 spiro atoms. The second kappa shape index (κ2) is 2.97. The van der Waals surface area contributed by atoms with E-state index in [0.717, 1.165) is 0 Å². The van der Waals surface area contributed by atoms with Crippen molar-refractivity contribution in [2.75, 3.05) is 5.88 Å². The summed E-state index contributed by atoms with van der Waals surface area (Å²) in [5, 5.41) is 5.01. The highest BCUT2D eigenvalue weighted by Gasteiger charge is 1.87. The van der Waals surface area contributed by atoms with Crippen molar-refractivity contribution >= 4 is 17.4 Å². The van der Waals surface area contributed by atoms with E-state index in [0.29, 0.717) is 18.1 Å². The van der Waals surface area contributed by atoms with Gasteiger partial charge in [-0.05, 0) is 0 Å². The highest BCUT2D eigenvalue weighted by molar-refractivity contribution is 6.18. The zero-order chi connectivity index (χ0) is 4.99. The SMILES string of the molecule is NC(=[NH2+])CCCl. The first-order chi connectivity index (χ1) is 2.77. The van der Waals surface area contributed by atoms with Crippen molar-refractivity contribution in [2.24, 2.45) is 5.73 Å². The summed E-state index contributed by atoms with van der Waals surface area (Å²) >= 11 is 5.22. The van der Waals surface area contributed by atoms with Gasteiger partial charge in [-0.25, -0.2) is 0 Å². The van der Waals surface area contributed by atoms with Crippen molar-refractivity contribution < 1.29 is 5.41 Å². The van der Waals surface area contributed by atoms with E-state index in [-0.39, 0.29) is 0 Å². The summed E-state index contributed by atoms with van der Waals surface area (Å²) in [7, 11) is 0. The Bertz CT molecular complexity index is 52.8. The van der Waals surface area contributed by atoms with Gasteiger partial charge in [0.05, 0.1) is 6.42 Å². The average Bonchev–Trinajstić information content (AvgIpc) is 1.35. The Morgan fingerprint density at radius 2 is 2.33 bits per heavy atom. The van der Waals surface area contributed by atoms with Gasteiger partial charge < -0.3 is 0 Å². The fraction of sp³-hybridized carbons (Fsp3) is 0.667. The number of halogens is 1. The lowest BCUT2D eigenvalue weighted by Crippen LogP contribution is -2.45. The third-order valence-corrected chi connectivity index (χ3v) is 0.572. The molecule has 0 aromatic heterocycles. The summed E-state index contributed by atoms with van der Waals surface area (Å²) in [5.41, 5.74) is 5.01. The first kappa shape index (κ1) is 5.76. The molecule has 0 aliphatic heterocycles. The molecular weight excluding hydrogens is 99.5 g/mol. The number of rotatable bonds is 2. The summed E-state index contributed by atoms with van der Waals surface area (Å²) in [6.45, 7) is 0. The van der Waals surface area contributed by atoms with Crippen molar-refractivity contribution in [3.05, 3.63) is 0 Å². The number of alkyl halides is 1. The van der Waals surface area contributed by atoms with Gasteiger partial charge in [-0.15, -0.1) is 11.6 Å². The van der Waals surface area contributed by atoms with E-state index < -0.39 is 0 Å². The molecule has 0 saturated carbocycles. The van der Waals surface area contributed by atoms with Crippen LogP contribution in [0, 0.1) is 0 Å². The van der Waals surface area contributed by atoms with E-state index in [1.54, 1.807) is 0 Å². The maximum absolute atomic E-state index is 5.22. The van der Waals surface area contributed by atoms with Gasteiger partial charge in [-0.2, -0.15) is 0 Å². The Morgan fingerprint density at radius 3 is 2.33 bits per heavy atom. The zero-order valence-electron chi connectivity index (χ0n) is 3.45. The molecule has 6 heavy (non-hydrogen) atoms. The molecule has 0 aromatic rings. The van der Waals surface area contributed by atoms with Crippen molar-refractivity contribution in [1.82, 2.24) is 0 Å². The normalized spacial score (nSPS) is 8.17. The van der Waals surface area contributed by atoms with Crippen LogP contribution in [0.1, 0.15) is 6.42 Å². The highest BCUT2D eigenvalue weighted by atomic mass is 35.5. The minimum atomic E-state index is 0.407. The fourth-order valence-corrected chi connectivity index (χ4v) is 0.327. The quantitative estimate of drug-likeness (QED) is 0.258. The van der Waals surface area contributed by atoms with E-state index in [1.807, 2.05) is 0 Å². The van der Waals surface area contributed by atoms with Gasteiger partial charge in [0, 0.05) is 5.88 Å². The van der Waals surface area contributed by atoms with Crippen LogP contribution >= 0.6 is 11.6 Å². The largest absolute Gasteiger partial charge is 0.291 e. The lowest BCUT2D eigenvalue weighted by Gasteiger charge is -1.77. The molecule has 0 bridgehead atoms. The van der Waals surface area contributed by atoms with Crippen molar-refractivity contribution in [3.8, 4) is 0 Å². The summed E-state index contributed by atoms with van der Waals surface area (Å²) in [5.74, 6) is 0.924. The molecule has 0 radical (unpaired) electrons. The van der Waals surface area contributed by atoms with E-state index in [2.05, 4.69) is 0 Å². The van der Waals surface area contributed by atoms with Crippen LogP contribution in [0.4, 0.5) is 0 Å². The Morgan fingerprint density at radius 1 is 1.83 bits per heavy atom. The molecule has 36 valence electrons.